The summed E-state index contributed by atoms with van der Waals surface area (Å²) >= 11 is 0. The molecule has 0 saturated carbocycles. The van der Waals surface area contributed by atoms with E-state index >= 15 is 0 Å². The van der Waals surface area contributed by atoms with E-state index in [2.05, 4.69) is 24.2 Å². The fraction of sp³-hybridized carbons (Fsp3) is 0.333. The number of aliphatic imine (C=N–C) groups is 1. The van der Waals surface area contributed by atoms with Gasteiger partial charge in [-0.25, -0.2) is 9.98 Å². The summed E-state index contributed by atoms with van der Waals surface area (Å²) in [5, 5.41) is 12.6. The molecule has 5 nitrogen and oxygen atoms in total. The Kier molecular flexibility index (Phi) is 4.30. The van der Waals surface area contributed by atoms with Crippen LogP contribution in [-0.4, -0.2) is 34.4 Å². The van der Waals surface area contributed by atoms with Crippen LogP contribution in [0.3, 0.4) is 0 Å². The van der Waals surface area contributed by atoms with Crippen molar-refractivity contribution in [3.05, 3.63) is 41.5 Å². The number of fused-ring (bicyclic) bond motifs is 1. The second-order valence-corrected chi connectivity index (χ2v) is 6.17. The predicted molar refractivity (Wildman–Crippen MR) is 94.0 cm³/mol. The van der Waals surface area contributed by atoms with E-state index in [9.17, 15) is 5.11 Å². The summed E-state index contributed by atoms with van der Waals surface area (Å²) in [5.74, 6) is 0.891. The Hall–Kier alpha value is -2.40. The van der Waals surface area contributed by atoms with Crippen molar-refractivity contribution >= 4 is 17.8 Å². The summed E-state index contributed by atoms with van der Waals surface area (Å²) in [7, 11) is 2.01. The smallest absolute Gasteiger partial charge is 0.134 e. The van der Waals surface area contributed by atoms with E-state index in [0.717, 1.165) is 40.4 Å². The molecule has 2 aromatic rings. The van der Waals surface area contributed by atoms with Crippen molar-refractivity contribution in [2.24, 2.45) is 4.99 Å². The maximum Gasteiger partial charge on any atom is 0.134 e. The molecule has 1 aliphatic heterocycles. The third-order valence-corrected chi connectivity index (χ3v) is 3.76. The Morgan fingerprint density at radius 3 is 2.65 bits per heavy atom. The SMILES string of the molecule is CC(C)Nc1nc(-c2ccc(CO)cc2)cc2c1CN(C)C=N2. The zero-order valence-electron chi connectivity index (χ0n) is 13.7. The van der Waals surface area contributed by atoms with Crippen LogP contribution in [0.1, 0.15) is 25.0 Å². The van der Waals surface area contributed by atoms with Gasteiger partial charge in [-0.15, -0.1) is 0 Å². The number of hydrogen-bond donors (Lipinski definition) is 2. The quantitative estimate of drug-likeness (QED) is 0.910. The molecule has 0 fully saturated rings. The van der Waals surface area contributed by atoms with Crippen molar-refractivity contribution in [1.82, 2.24) is 9.88 Å². The van der Waals surface area contributed by atoms with Crippen molar-refractivity contribution in [3.8, 4) is 11.3 Å². The number of hydrogen-bond acceptors (Lipinski definition) is 5. The van der Waals surface area contributed by atoms with Crippen molar-refractivity contribution in [1.29, 1.82) is 0 Å². The first-order chi connectivity index (χ1) is 11.1. The standard InChI is InChI=1S/C18H22N4O/c1-12(2)20-18-15-9-22(3)11-19-17(15)8-16(21-18)14-6-4-13(10-23)5-7-14/h4-8,11-12,23H,9-10H2,1-3H3,(H,20,21). The zero-order valence-corrected chi connectivity index (χ0v) is 13.7. The van der Waals surface area contributed by atoms with Gasteiger partial charge in [0.25, 0.3) is 0 Å². The second kappa shape index (κ2) is 6.38. The molecular formula is C18H22N4O. The summed E-state index contributed by atoms with van der Waals surface area (Å²) in [5.41, 5.74) is 4.89. The molecule has 23 heavy (non-hydrogen) atoms. The number of aromatic nitrogens is 1. The molecule has 120 valence electrons. The van der Waals surface area contributed by atoms with Gasteiger partial charge in [0.2, 0.25) is 0 Å². The number of aliphatic hydroxyl groups is 1. The molecule has 2 N–H and O–H groups in total. The highest BCUT2D eigenvalue weighted by atomic mass is 16.3. The minimum atomic E-state index is 0.0503. The van der Waals surface area contributed by atoms with Gasteiger partial charge in [0.1, 0.15) is 5.82 Å². The lowest BCUT2D eigenvalue weighted by Crippen LogP contribution is -2.22. The largest absolute Gasteiger partial charge is 0.392 e. The molecule has 0 spiro atoms. The van der Waals surface area contributed by atoms with Crippen LogP contribution < -0.4 is 5.32 Å². The van der Waals surface area contributed by atoms with Crippen LogP contribution in [0.2, 0.25) is 0 Å². The maximum absolute atomic E-state index is 9.18. The number of benzene rings is 1. The van der Waals surface area contributed by atoms with E-state index in [-0.39, 0.29) is 6.61 Å². The fourth-order valence-electron chi connectivity index (χ4n) is 2.60. The highest BCUT2D eigenvalue weighted by Crippen LogP contribution is 2.33. The predicted octanol–water partition coefficient (Wildman–Crippen LogP) is 3.17. The van der Waals surface area contributed by atoms with E-state index in [1.54, 1.807) is 0 Å². The van der Waals surface area contributed by atoms with Crippen molar-refractivity contribution in [3.63, 3.8) is 0 Å². The highest BCUT2D eigenvalue weighted by molar-refractivity contribution is 5.76. The highest BCUT2D eigenvalue weighted by Gasteiger charge is 2.18. The Bertz CT molecular complexity index is 723. The normalized spacial score (nSPS) is 13.3. The Morgan fingerprint density at radius 2 is 2.00 bits per heavy atom. The van der Waals surface area contributed by atoms with Gasteiger partial charge < -0.3 is 15.3 Å². The van der Waals surface area contributed by atoms with Crippen LogP contribution in [0.4, 0.5) is 11.5 Å². The van der Waals surface area contributed by atoms with Crippen LogP contribution in [-0.2, 0) is 13.2 Å². The summed E-state index contributed by atoms with van der Waals surface area (Å²) in [4.78, 5) is 11.4. The summed E-state index contributed by atoms with van der Waals surface area (Å²) < 4.78 is 0. The van der Waals surface area contributed by atoms with Gasteiger partial charge in [-0.3, -0.25) is 0 Å². The Balaban J connectivity index is 2.06. The molecule has 3 rings (SSSR count). The molecule has 2 heterocycles. The molecule has 0 amide bonds. The molecule has 0 unspecified atom stereocenters. The summed E-state index contributed by atoms with van der Waals surface area (Å²) in [6.45, 7) is 5.05. The van der Waals surface area contributed by atoms with E-state index in [4.69, 9.17) is 4.98 Å². The lowest BCUT2D eigenvalue weighted by atomic mass is 10.1. The van der Waals surface area contributed by atoms with Crippen molar-refractivity contribution in [2.75, 3.05) is 12.4 Å². The summed E-state index contributed by atoms with van der Waals surface area (Å²) in [6.07, 6.45) is 1.85. The van der Waals surface area contributed by atoms with Gasteiger partial charge in [-0.2, -0.15) is 0 Å². The molecule has 0 bridgehead atoms. The lowest BCUT2D eigenvalue weighted by Gasteiger charge is -2.24. The number of aliphatic hydroxyl groups excluding tert-OH is 1. The summed E-state index contributed by atoms with van der Waals surface area (Å²) in [6, 6.07) is 10.1. The lowest BCUT2D eigenvalue weighted by molar-refractivity contribution is 0.282. The first-order valence-corrected chi connectivity index (χ1v) is 7.82. The molecule has 0 radical (unpaired) electrons. The van der Waals surface area contributed by atoms with Gasteiger partial charge in [-0.05, 0) is 25.5 Å². The molecule has 0 saturated heterocycles. The van der Waals surface area contributed by atoms with Gasteiger partial charge >= 0.3 is 0 Å². The van der Waals surface area contributed by atoms with Crippen LogP contribution in [0, 0.1) is 0 Å². The molecule has 5 heteroatoms. The van der Waals surface area contributed by atoms with Crippen LogP contribution in [0.5, 0.6) is 0 Å². The van der Waals surface area contributed by atoms with Crippen LogP contribution in [0.15, 0.2) is 35.3 Å². The number of nitrogens with zero attached hydrogens (tertiary/aromatic N) is 3. The first-order valence-electron chi connectivity index (χ1n) is 7.82. The van der Waals surface area contributed by atoms with E-state index in [1.165, 1.54) is 0 Å². The average Bonchev–Trinajstić information content (AvgIpc) is 2.54. The van der Waals surface area contributed by atoms with Crippen LogP contribution >= 0.6 is 0 Å². The second-order valence-electron chi connectivity index (χ2n) is 6.17. The third-order valence-electron chi connectivity index (χ3n) is 3.76. The van der Waals surface area contributed by atoms with E-state index in [1.807, 2.05) is 48.6 Å². The minimum absolute atomic E-state index is 0.0503. The number of rotatable bonds is 4. The molecule has 1 aliphatic rings. The average molecular weight is 310 g/mol. The van der Waals surface area contributed by atoms with Gasteiger partial charge in [0.15, 0.2) is 0 Å². The van der Waals surface area contributed by atoms with E-state index < -0.39 is 0 Å². The van der Waals surface area contributed by atoms with Crippen molar-refractivity contribution in [2.45, 2.75) is 33.0 Å². The molecule has 0 atom stereocenters. The van der Waals surface area contributed by atoms with Crippen molar-refractivity contribution < 1.29 is 5.11 Å². The Labute approximate surface area is 136 Å². The molecule has 0 aliphatic carbocycles. The fourth-order valence-corrected chi connectivity index (χ4v) is 2.60. The zero-order chi connectivity index (χ0) is 16.4. The number of anilines is 1. The topological polar surface area (TPSA) is 60.8 Å². The molecule has 1 aromatic heterocycles. The van der Waals surface area contributed by atoms with Crippen LogP contribution in [0.25, 0.3) is 11.3 Å². The number of pyridine rings is 1. The first kappa shape index (κ1) is 15.5. The third kappa shape index (κ3) is 3.35. The number of nitrogens with one attached hydrogen (secondary N) is 1. The van der Waals surface area contributed by atoms with Gasteiger partial charge in [-0.1, -0.05) is 24.3 Å². The molecule has 1 aromatic carbocycles. The maximum atomic E-state index is 9.18. The molecular weight excluding hydrogens is 288 g/mol. The van der Waals surface area contributed by atoms with E-state index in [0.29, 0.717) is 6.04 Å². The van der Waals surface area contributed by atoms with Gasteiger partial charge in [0, 0.05) is 30.8 Å². The minimum Gasteiger partial charge on any atom is -0.392 e. The van der Waals surface area contributed by atoms with Gasteiger partial charge in [0.05, 0.1) is 24.3 Å². The Morgan fingerprint density at radius 1 is 1.26 bits per heavy atom. The monoisotopic (exact) mass is 310 g/mol.